The highest BCUT2D eigenvalue weighted by Gasteiger charge is 2.06. The summed E-state index contributed by atoms with van der Waals surface area (Å²) in [6.07, 6.45) is 3.87. The molecule has 0 fully saturated rings. The lowest BCUT2D eigenvalue weighted by Gasteiger charge is -2.08. The highest BCUT2D eigenvalue weighted by atomic mass is 35.5. The number of aryl methyl sites for hydroxylation is 1. The average molecular weight is 326 g/mol. The van der Waals surface area contributed by atoms with Crippen LogP contribution in [-0.2, 0) is 18.4 Å². The number of nitrogens with one attached hydrogen (secondary N) is 1. The zero-order chi connectivity index (χ0) is 15.2. The molecule has 1 amide bonds. The highest BCUT2D eigenvalue weighted by molar-refractivity contribution is 6.42. The van der Waals surface area contributed by atoms with Crippen LogP contribution in [0.3, 0.4) is 0 Å². The number of ether oxygens (including phenoxy) is 1. The van der Waals surface area contributed by atoms with Crippen LogP contribution in [0.15, 0.2) is 42.7 Å². The lowest BCUT2D eigenvalue weighted by atomic mass is 10.3. The fourth-order valence-corrected chi connectivity index (χ4v) is 2.01. The first kappa shape index (κ1) is 15.6. The number of benzene rings is 1. The molecule has 2 aromatic rings. The summed E-state index contributed by atoms with van der Waals surface area (Å²) in [6.45, 7) is 0.384. The molecule has 0 unspecified atom stereocenters. The minimum absolute atomic E-state index is 0.0725. The van der Waals surface area contributed by atoms with Gasteiger partial charge in [0.1, 0.15) is 12.8 Å². The Hall–Kier alpha value is -1.78. The van der Waals surface area contributed by atoms with Crippen LogP contribution in [0.2, 0.25) is 10.0 Å². The third kappa shape index (κ3) is 4.92. The number of aromatic nitrogens is 1. The Morgan fingerprint density at radius 2 is 2.10 bits per heavy atom. The Bertz CT molecular complexity index is 647. The molecule has 0 spiro atoms. The number of halogens is 2. The van der Waals surface area contributed by atoms with Gasteiger partial charge in [-0.25, -0.2) is 4.57 Å². The topological polar surface area (TPSA) is 42.2 Å². The molecule has 21 heavy (non-hydrogen) atoms. The van der Waals surface area contributed by atoms with Crippen molar-refractivity contribution in [3.05, 3.63) is 58.3 Å². The number of carbonyl (C=O) groups excluding carboxylic acids is 1. The number of hydrogen-bond donors (Lipinski definition) is 1. The Morgan fingerprint density at radius 1 is 1.29 bits per heavy atom. The van der Waals surface area contributed by atoms with Crippen molar-refractivity contribution in [1.82, 2.24) is 5.32 Å². The summed E-state index contributed by atoms with van der Waals surface area (Å²) in [4.78, 5) is 11.7. The van der Waals surface area contributed by atoms with Gasteiger partial charge in [-0.3, -0.25) is 4.79 Å². The summed E-state index contributed by atoms with van der Waals surface area (Å²) < 4.78 is 7.28. The molecule has 0 saturated heterocycles. The van der Waals surface area contributed by atoms with Gasteiger partial charge in [0.2, 0.25) is 0 Å². The molecule has 2 rings (SSSR count). The predicted molar refractivity (Wildman–Crippen MR) is 81.4 cm³/mol. The Kier molecular flexibility index (Phi) is 5.42. The van der Waals surface area contributed by atoms with Gasteiger partial charge in [0.25, 0.3) is 5.91 Å². The molecule has 1 aromatic carbocycles. The van der Waals surface area contributed by atoms with Gasteiger partial charge in [0.05, 0.1) is 10.0 Å². The van der Waals surface area contributed by atoms with Crippen LogP contribution in [0, 0.1) is 0 Å². The number of pyridine rings is 1. The van der Waals surface area contributed by atoms with Crippen LogP contribution >= 0.6 is 23.2 Å². The van der Waals surface area contributed by atoms with Gasteiger partial charge in [0.15, 0.2) is 19.0 Å². The minimum Gasteiger partial charge on any atom is -0.484 e. The van der Waals surface area contributed by atoms with E-state index in [2.05, 4.69) is 5.32 Å². The van der Waals surface area contributed by atoms with Gasteiger partial charge in [0, 0.05) is 24.2 Å². The second-order valence-electron chi connectivity index (χ2n) is 4.52. The Morgan fingerprint density at radius 3 is 2.81 bits per heavy atom. The average Bonchev–Trinajstić information content (AvgIpc) is 2.46. The normalized spacial score (nSPS) is 10.2. The summed E-state index contributed by atoms with van der Waals surface area (Å²) >= 11 is 11.7. The number of rotatable bonds is 5. The monoisotopic (exact) mass is 325 g/mol. The van der Waals surface area contributed by atoms with Crippen molar-refractivity contribution in [1.29, 1.82) is 0 Å². The maximum absolute atomic E-state index is 11.7. The van der Waals surface area contributed by atoms with Crippen LogP contribution in [0.4, 0.5) is 0 Å². The quantitative estimate of drug-likeness (QED) is 0.858. The summed E-state index contributed by atoms with van der Waals surface area (Å²) in [5.41, 5.74) is 1.02. The zero-order valence-electron chi connectivity index (χ0n) is 11.5. The Balaban J connectivity index is 1.80. The fourth-order valence-electron chi connectivity index (χ4n) is 1.72. The van der Waals surface area contributed by atoms with E-state index >= 15 is 0 Å². The molecule has 6 heteroatoms. The van der Waals surface area contributed by atoms with Crippen molar-refractivity contribution in [3.8, 4) is 5.75 Å². The van der Waals surface area contributed by atoms with Crippen LogP contribution in [0.1, 0.15) is 5.56 Å². The molecule has 1 aromatic heterocycles. The van der Waals surface area contributed by atoms with Gasteiger partial charge in [-0.15, -0.1) is 0 Å². The number of nitrogens with zero attached hydrogens (tertiary/aromatic N) is 1. The standard InChI is InChI=1S/C15H14Cl2N2O2/c1-19-6-2-3-11(9-19)8-18-15(20)10-21-12-4-5-13(16)14(17)7-12/h2-7,9H,8,10H2,1H3/p+1. The number of hydrogen-bond acceptors (Lipinski definition) is 2. The fraction of sp³-hybridized carbons (Fsp3) is 0.200. The van der Waals surface area contributed by atoms with Crippen LogP contribution in [-0.4, -0.2) is 12.5 Å². The first-order valence-electron chi connectivity index (χ1n) is 6.33. The molecule has 0 atom stereocenters. The van der Waals surface area contributed by atoms with E-state index in [4.69, 9.17) is 27.9 Å². The molecule has 0 saturated carbocycles. The van der Waals surface area contributed by atoms with E-state index in [1.54, 1.807) is 18.2 Å². The van der Waals surface area contributed by atoms with Crippen LogP contribution < -0.4 is 14.6 Å². The summed E-state index contributed by atoms with van der Waals surface area (Å²) in [6, 6.07) is 8.74. The third-order valence-electron chi connectivity index (χ3n) is 2.75. The molecule has 1 N–H and O–H groups in total. The van der Waals surface area contributed by atoms with Crippen LogP contribution in [0.5, 0.6) is 5.75 Å². The molecule has 110 valence electrons. The van der Waals surface area contributed by atoms with E-state index in [1.165, 1.54) is 0 Å². The maximum atomic E-state index is 11.7. The van der Waals surface area contributed by atoms with Gasteiger partial charge in [-0.1, -0.05) is 23.2 Å². The molecule has 0 radical (unpaired) electrons. The molecular weight excluding hydrogens is 311 g/mol. The molecule has 0 aliphatic heterocycles. The van der Waals surface area contributed by atoms with E-state index in [0.29, 0.717) is 22.3 Å². The van der Waals surface area contributed by atoms with Gasteiger partial charge >= 0.3 is 0 Å². The zero-order valence-corrected chi connectivity index (χ0v) is 13.0. The van der Waals surface area contributed by atoms with Crippen molar-refractivity contribution in [3.63, 3.8) is 0 Å². The molecular formula is C15H15Cl2N2O2+. The third-order valence-corrected chi connectivity index (χ3v) is 3.49. The SMILES string of the molecule is C[n+]1cccc(CNC(=O)COc2ccc(Cl)c(Cl)c2)c1. The molecule has 0 bridgehead atoms. The first-order chi connectivity index (χ1) is 10.0. The van der Waals surface area contributed by atoms with Crippen molar-refractivity contribution < 1.29 is 14.1 Å². The second kappa shape index (κ2) is 7.29. The molecule has 0 aliphatic carbocycles. The van der Waals surface area contributed by atoms with E-state index < -0.39 is 0 Å². The van der Waals surface area contributed by atoms with E-state index in [0.717, 1.165) is 5.56 Å². The first-order valence-corrected chi connectivity index (χ1v) is 7.09. The van der Waals surface area contributed by atoms with E-state index in [1.807, 2.05) is 36.1 Å². The predicted octanol–water partition coefficient (Wildman–Crippen LogP) is 2.51. The van der Waals surface area contributed by atoms with Crippen molar-refractivity contribution in [2.24, 2.45) is 7.05 Å². The highest BCUT2D eigenvalue weighted by Crippen LogP contribution is 2.26. The second-order valence-corrected chi connectivity index (χ2v) is 5.33. The molecule has 1 heterocycles. The van der Waals surface area contributed by atoms with E-state index in [-0.39, 0.29) is 12.5 Å². The van der Waals surface area contributed by atoms with Crippen molar-refractivity contribution >= 4 is 29.1 Å². The largest absolute Gasteiger partial charge is 0.484 e. The summed E-state index contributed by atoms with van der Waals surface area (Å²) in [7, 11) is 1.93. The molecule has 4 nitrogen and oxygen atoms in total. The lowest BCUT2D eigenvalue weighted by Crippen LogP contribution is -2.31. The van der Waals surface area contributed by atoms with Crippen molar-refractivity contribution in [2.75, 3.05) is 6.61 Å². The van der Waals surface area contributed by atoms with Crippen LogP contribution in [0.25, 0.3) is 0 Å². The van der Waals surface area contributed by atoms with Crippen molar-refractivity contribution in [2.45, 2.75) is 6.54 Å². The summed E-state index contributed by atoms with van der Waals surface area (Å²) in [5, 5.41) is 3.63. The Labute approximate surface area is 133 Å². The summed E-state index contributed by atoms with van der Waals surface area (Å²) in [5.74, 6) is 0.304. The van der Waals surface area contributed by atoms with Gasteiger partial charge < -0.3 is 10.1 Å². The maximum Gasteiger partial charge on any atom is 0.258 e. The van der Waals surface area contributed by atoms with E-state index in [9.17, 15) is 4.79 Å². The molecule has 0 aliphatic rings. The number of carbonyl (C=O) groups is 1. The van der Waals surface area contributed by atoms with Gasteiger partial charge in [-0.2, -0.15) is 0 Å². The lowest BCUT2D eigenvalue weighted by molar-refractivity contribution is -0.671. The number of amides is 1. The minimum atomic E-state index is -0.201. The smallest absolute Gasteiger partial charge is 0.258 e. The van der Waals surface area contributed by atoms with Gasteiger partial charge in [-0.05, 0) is 18.2 Å².